The van der Waals surface area contributed by atoms with Crippen molar-refractivity contribution < 1.29 is 24.2 Å². The first-order chi connectivity index (χ1) is 42.2. The number of piperidine rings is 1. The Morgan fingerprint density at radius 1 is 0.605 bits per heavy atom. The zero-order valence-corrected chi connectivity index (χ0v) is 49.3. The maximum absolute atomic E-state index is 13.0. The van der Waals surface area contributed by atoms with Gasteiger partial charge in [-0.2, -0.15) is 30.5 Å². The molecular formula is C67H78N14O5. The Hall–Kier alpha value is -8.36. The molecule has 8 heterocycles. The van der Waals surface area contributed by atoms with Crippen LogP contribution >= 0.6 is 0 Å². The largest absolute Gasteiger partial charge is 0.463 e. The van der Waals surface area contributed by atoms with Crippen LogP contribution in [0.15, 0.2) is 104 Å². The predicted octanol–water partition coefficient (Wildman–Crippen LogP) is 7.42. The van der Waals surface area contributed by atoms with Crippen molar-refractivity contribution in [2.75, 3.05) is 125 Å². The van der Waals surface area contributed by atoms with Crippen molar-refractivity contribution in [2.45, 2.75) is 94.9 Å². The molecule has 19 heteroatoms. The topological polar surface area (TPSA) is 198 Å². The third-order valence-corrected chi connectivity index (χ3v) is 18.7. The van der Waals surface area contributed by atoms with Gasteiger partial charge in [0.05, 0.1) is 74.8 Å². The molecule has 0 aliphatic carbocycles. The van der Waals surface area contributed by atoms with Crippen LogP contribution in [0.1, 0.15) is 78.9 Å². The lowest BCUT2D eigenvalue weighted by molar-refractivity contribution is -0.129. The van der Waals surface area contributed by atoms with Crippen LogP contribution in [0.3, 0.4) is 0 Å². The van der Waals surface area contributed by atoms with Gasteiger partial charge in [0, 0.05) is 111 Å². The van der Waals surface area contributed by atoms with Gasteiger partial charge in [-0.25, -0.2) is 0 Å². The van der Waals surface area contributed by atoms with Gasteiger partial charge in [-0.15, -0.1) is 0 Å². The molecule has 2 aromatic heterocycles. The number of benzene rings is 4. The maximum atomic E-state index is 13.0. The zero-order valence-electron chi connectivity index (χ0n) is 49.3. The van der Waals surface area contributed by atoms with E-state index < -0.39 is 0 Å². The van der Waals surface area contributed by atoms with Gasteiger partial charge in [0.2, 0.25) is 11.8 Å². The molecule has 6 aliphatic rings. The molecule has 12 rings (SSSR count). The number of likely N-dealkylation sites (tertiary alicyclic amines) is 2. The van der Waals surface area contributed by atoms with E-state index in [0.29, 0.717) is 109 Å². The van der Waals surface area contributed by atoms with E-state index in [1.807, 2.05) is 0 Å². The van der Waals surface area contributed by atoms with Crippen molar-refractivity contribution in [2.24, 2.45) is 0 Å². The average Bonchev–Trinajstić information content (AvgIpc) is 1.49. The SMILES string of the molecule is C=CC(=O)N1CCN(c2nc(OCC[C@H]3CCCN3CCO)nc3c2CCN(c2cc(C4CCCN(CCOc5nc6c(c(N7CCN(C(=O)C=C)C(CC#N)C7)n5)CCN(c5cccc7ccccc57)C6)C4)cc4ccccc24)C3)CC1CC#N. The second-order valence-corrected chi connectivity index (χ2v) is 23.7. The summed E-state index contributed by atoms with van der Waals surface area (Å²) in [4.78, 5) is 64.2. The molecule has 0 radical (unpaired) electrons. The molecule has 0 spiro atoms. The Morgan fingerprint density at radius 2 is 1.19 bits per heavy atom. The third kappa shape index (κ3) is 12.4. The van der Waals surface area contributed by atoms with E-state index in [9.17, 15) is 25.2 Å². The lowest BCUT2D eigenvalue weighted by atomic mass is 9.88. The minimum absolute atomic E-state index is 0.135. The fourth-order valence-electron chi connectivity index (χ4n) is 14.3. The number of anilines is 4. The van der Waals surface area contributed by atoms with E-state index in [1.54, 1.807) is 9.80 Å². The van der Waals surface area contributed by atoms with Crippen molar-refractivity contribution >= 4 is 56.4 Å². The van der Waals surface area contributed by atoms with Crippen LogP contribution in [0.4, 0.5) is 23.0 Å². The number of carbonyl (C=O) groups excluding carboxylic acids is 2. The van der Waals surface area contributed by atoms with Crippen LogP contribution in [0.5, 0.6) is 12.0 Å². The van der Waals surface area contributed by atoms with E-state index in [-0.39, 0.29) is 43.3 Å². The zero-order chi connectivity index (χ0) is 59.1. The number of piperazine rings is 2. The van der Waals surface area contributed by atoms with Gasteiger partial charge in [0.25, 0.3) is 0 Å². The van der Waals surface area contributed by atoms with Crippen molar-refractivity contribution in [1.82, 2.24) is 39.5 Å². The molecular weight excluding hydrogens is 1080 g/mol. The van der Waals surface area contributed by atoms with E-state index in [4.69, 9.17) is 29.4 Å². The minimum Gasteiger partial charge on any atom is -0.463 e. The molecule has 2 amide bonds. The molecule has 1 N–H and O–H groups in total. The number of amides is 2. The fourth-order valence-corrected chi connectivity index (χ4v) is 14.3. The van der Waals surface area contributed by atoms with Crippen molar-refractivity contribution in [3.05, 3.63) is 132 Å². The summed E-state index contributed by atoms with van der Waals surface area (Å²) in [6, 6.07) is 33.5. The highest BCUT2D eigenvalue weighted by atomic mass is 16.5. The molecule has 4 aromatic carbocycles. The smallest absolute Gasteiger partial charge is 0.318 e. The van der Waals surface area contributed by atoms with Gasteiger partial charge in [-0.05, 0) is 105 Å². The summed E-state index contributed by atoms with van der Waals surface area (Å²) >= 11 is 0. The molecule has 3 unspecified atom stereocenters. The lowest BCUT2D eigenvalue weighted by Gasteiger charge is -2.42. The number of fused-ring (bicyclic) bond motifs is 4. The van der Waals surface area contributed by atoms with E-state index >= 15 is 0 Å². The summed E-state index contributed by atoms with van der Waals surface area (Å²) in [7, 11) is 0. The Bertz CT molecular complexity index is 3560. The first-order valence-electron chi connectivity index (χ1n) is 30.9. The predicted molar refractivity (Wildman–Crippen MR) is 333 cm³/mol. The number of β-amino-alcohol motifs (C(OH)–C–C–N with tert-alkyl or cyclic N) is 1. The van der Waals surface area contributed by atoms with Crippen LogP contribution in [-0.4, -0.2) is 179 Å². The number of nitriles is 2. The maximum Gasteiger partial charge on any atom is 0.318 e. The third-order valence-electron chi connectivity index (χ3n) is 18.7. The fraction of sp³-hybridized carbons (Fsp3) is 0.463. The second-order valence-electron chi connectivity index (χ2n) is 23.7. The number of rotatable bonds is 19. The molecule has 4 fully saturated rings. The highest BCUT2D eigenvalue weighted by Gasteiger charge is 2.37. The summed E-state index contributed by atoms with van der Waals surface area (Å²) in [6.45, 7) is 18.3. The molecule has 86 heavy (non-hydrogen) atoms. The van der Waals surface area contributed by atoms with Gasteiger partial charge < -0.3 is 44.0 Å². The molecule has 0 bridgehead atoms. The van der Waals surface area contributed by atoms with Crippen LogP contribution in [0.25, 0.3) is 21.5 Å². The van der Waals surface area contributed by atoms with E-state index in [1.165, 1.54) is 50.6 Å². The van der Waals surface area contributed by atoms with Gasteiger partial charge in [0.1, 0.15) is 18.2 Å². The number of ether oxygens (including phenoxy) is 2. The Morgan fingerprint density at radius 3 is 1.81 bits per heavy atom. The molecule has 4 saturated heterocycles. The quantitative estimate of drug-likeness (QED) is 0.0786. The van der Waals surface area contributed by atoms with Gasteiger partial charge >= 0.3 is 12.0 Å². The van der Waals surface area contributed by atoms with Crippen LogP contribution in [-0.2, 0) is 35.5 Å². The molecule has 6 aromatic rings. The van der Waals surface area contributed by atoms with E-state index in [0.717, 1.165) is 105 Å². The van der Waals surface area contributed by atoms with Gasteiger partial charge in [-0.3, -0.25) is 19.4 Å². The first-order valence-corrected chi connectivity index (χ1v) is 30.9. The number of carbonyl (C=O) groups is 2. The summed E-state index contributed by atoms with van der Waals surface area (Å²) in [5.41, 5.74) is 7.66. The molecule has 0 saturated carbocycles. The monoisotopic (exact) mass is 1160 g/mol. The second kappa shape index (κ2) is 26.5. The van der Waals surface area contributed by atoms with Gasteiger partial charge in [0.15, 0.2) is 0 Å². The normalized spacial score (nSPS) is 21.0. The number of aliphatic hydroxyl groups excluding tert-OH is 1. The van der Waals surface area contributed by atoms with Crippen LogP contribution < -0.4 is 29.1 Å². The number of aliphatic hydroxyl groups is 1. The Kier molecular flexibility index (Phi) is 17.9. The number of aromatic nitrogens is 4. The molecule has 446 valence electrons. The Labute approximate surface area is 504 Å². The summed E-state index contributed by atoms with van der Waals surface area (Å²) in [5, 5.41) is 34.2. The summed E-state index contributed by atoms with van der Waals surface area (Å²) in [5.74, 6) is 1.59. The number of hydrogen-bond acceptors (Lipinski definition) is 17. The van der Waals surface area contributed by atoms with Crippen molar-refractivity contribution in [3.8, 4) is 24.2 Å². The Balaban J connectivity index is 0.774. The summed E-state index contributed by atoms with van der Waals surface area (Å²) < 4.78 is 13.1. The van der Waals surface area contributed by atoms with Crippen LogP contribution in [0, 0.1) is 22.7 Å². The first kappa shape index (κ1) is 58.0. The van der Waals surface area contributed by atoms with Crippen molar-refractivity contribution in [1.29, 1.82) is 10.5 Å². The van der Waals surface area contributed by atoms with Crippen molar-refractivity contribution in [3.63, 3.8) is 0 Å². The number of hydrogen-bond donors (Lipinski definition) is 1. The summed E-state index contributed by atoms with van der Waals surface area (Å²) in [6.07, 6.45) is 9.62. The minimum atomic E-state index is -0.308. The molecule has 19 nitrogen and oxygen atoms in total. The highest BCUT2D eigenvalue weighted by Crippen LogP contribution is 2.40. The number of nitrogens with zero attached hydrogens (tertiary/aromatic N) is 14. The molecule has 6 aliphatic heterocycles. The standard InChI is InChI=1S/C67H78N14O5/c1-3-62(83)80-33-31-78(43-52(80)20-25-68)64-57-23-30-77(46-59(57)70-66(72-64)85-38-24-51-16-11-28-75(51)35-37-82)61-41-50(40-48-13-6-8-18-55(48)61)49-15-10-27-74(42-49)36-39-86-67-71-58-45-76(60-19-9-14-47-12-5-7-17-54(47)60)29-22-56(58)65(73-67)79-32-34-81(63(84)4-2)53(44-79)21-26-69/h3-9,12-14,17-19,40-41,49,51-53,82H,1-2,10-11,15-16,20-24,27-39,42-46H2/t49?,51-,52?,53?/m1/s1. The molecule has 4 atom stereocenters. The lowest BCUT2D eigenvalue weighted by Crippen LogP contribution is -2.55. The van der Waals surface area contributed by atoms with Crippen LogP contribution in [0.2, 0.25) is 0 Å². The van der Waals surface area contributed by atoms with Gasteiger partial charge in [-0.1, -0.05) is 79.9 Å². The average molecular weight is 1160 g/mol. The van der Waals surface area contributed by atoms with E-state index in [2.05, 4.69) is 134 Å². The highest BCUT2D eigenvalue weighted by molar-refractivity contribution is 5.96.